The fraction of sp³-hybridized carbons (Fsp3) is 0.938. The molecule has 7 aliphatic rings. The molecule has 8 atom stereocenters. The minimum Gasteiger partial charge on any atom is -0.346 e. The van der Waals surface area contributed by atoms with Crippen LogP contribution < -0.4 is 0 Å². The number of hydrogen-bond donors (Lipinski definition) is 0. The molecule has 7 fully saturated rings. The Kier molecular flexibility index (Phi) is 1.90. The maximum Gasteiger partial charge on any atom is 0.349 e. The lowest BCUT2D eigenvalue weighted by Gasteiger charge is -2.89. The molecule has 0 aromatic rings. The number of hydrogen-bond acceptors (Lipinski definition) is 5. The fourth-order valence-electron chi connectivity index (χ4n) is 7.26. The monoisotopic (exact) mass is 370 g/mol. The highest BCUT2D eigenvalue weighted by Crippen LogP contribution is 3.04. The molecule has 0 aromatic heterocycles. The van der Waals surface area contributed by atoms with Crippen molar-refractivity contribution in [2.45, 2.75) is 36.5 Å². The zero-order valence-electron chi connectivity index (χ0n) is 12.8. The van der Waals surface area contributed by atoms with Crippen LogP contribution in [0.1, 0.15) is 20.8 Å². The topological polar surface area (TPSA) is 54.0 Å². The molecule has 0 N–H and O–H groups in total. The lowest BCUT2D eigenvalue weighted by molar-refractivity contribution is -0.440. The van der Waals surface area contributed by atoms with Gasteiger partial charge in [0.1, 0.15) is 5.60 Å². The van der Waals surface area contributed by atoms with Crippen molar-refractivity contribution in [3.63, 3.8) is 0 Å². The van der Waals surface area contributed by atoms with Gasteiger partial charge in [-0.2, -0.15) is 4.89 Å². The first-order valence-electron chi connectivity index (χ1n) is 8.19. The van der Waals surface area contributed by atoms with E-state index in [9.17, 15) is 4.79 Å². The van der Waals surface area contributed by atoms with Crippen molar-refractivity contribution in [3.05, 3.63) is 0 Å². The van der Waals surface area contributed by atoms with Gasteiger partial charge in [-0.25, -0.2) is 4.79 Å². The van der Waals surface area contributed by atoms with E-state index in [-0.39, 0.29) is 15.7 Å². The van der Waals surface area contributed by atoms with Crippen LogP contribution in [-0.2, 0) is 24.0 Å². The van der Waals surface area contributed by atoms with Gasteiger partial charge in [0.25, 0.3) is 0 Å². The van der Waals surface area contributed by atoms with E-state index in [1.54, 1.807) is 0 Å². The smallest absolute Gasteiger partial charge is 0.346 e. The average Bonchev–Trinajstić information content (AvgIpc) is 2.95. The molecule has 22 heavy (non-hydrogen) atoms. The highest BCUT2D eigenvalue weighted by Gasteiger charge is 3.11. The van der Waals surface area contributed by atoms with Crippen molar-refractivity contribution >= 4 is 21.9 Å². The van der Waals surface area contributed by atoms with Gasteiger partial charge in [0.15, 0.2) is 5.79 Å². The van der Waals surface area contributed by atoms with E-state index in [1.165, 1.54) is 0 Å². The number of ether oxygens (including phenoxy) is 2. The van der Waals surface area contributed by atoms with Gasteiger partial charge in [-0.1, -0.05) is 15.9 Å². The summed E-state index contributed by atoms with van der Waals surface area (Å²) in [6, 6.07) is 0. The Morgan fingerprint density at radius 1 is 1.05 bits per heavy atom. The van der Waals surface area contributed by atoms with Gasteiger partial charge in [0.05, 0.1) is 23.0 Å². The van der Waals surface area contributed by atoms with Crippen molar-refractivity contribution in [2.75, 3.05) is 13.2 Å². The van der Waals surface area contributed by atoms with Crippen LogP contribution >= 0.6 is 15.9 Å². The highest BCUT2D eigenvalue weighted by atomic mass is 79.9. The van der Waals surface area contributed by atoms with E-state index in [1.807, 2.05) is 20.8 Å². The van der Waals surface area contributed by atoms with Crippen LogP contribution in [0, 0.1) is 40.9 Å². The first-order valence-corrected chi connectivity index (χ1v) is 8.98. The predicted molar refractivity (Wildman–Crippen MR) is 76.6 cm³/mol. The molecule has 1 aliphatic heterocycles. The second kappa shape index (κ2) is 3.17. The fourth-order valence-corrected chi connectivity index (χ4v) is 8.89. The van der Waals surface area contributed by atoms with Crippen molar-refractivity contribution < 1.29 is 24.0 Å². The molecule has 7 rings (SSSR count). The summed E-state index contributed by atoms with van der Waals surface area (Å²) in [5.74, 6) is 1.88. The summed E-state index contributed by atoms with van der Waals surface area (Å²) in [7, 11) is 0. The zero-order valence-corrected chi connectivity index (χ0v) is 14.4. The maximum atomic E-state index is 12.7. The van der Waals surface area contributed by atoms with Crippen LogP contribution in [0.3, 0.4) is 0 Å². The number of carbonyl (C=O) groups excluding carboxylic acids is 1. The lowest BCUT2D eigenvalue weighted by atomic mass is 9.13. The third-order valence-corrected chi connectivity index (χ3v) is 8.97. The summed E-state index contributed by atoms with van der Waals surface area (Å²) in [6.45, 7) is 6.98. The van der Waals surface area contributed by atoms with Gasteiger partial charge in [-0.15, -0.1) is 0 Å². The van der Waals surface area contributed by atoms with Gasteiger partial charge in [-0.3, -0.25) is 4.89 Å². The summed E-state index contributed by atoms with van der Waals surface area (Å²) >= 11 is 3.98. The van der Waals surface area contributed by atoms with Gasteiger partial charge in [0, 0.05) is 5.92 Å². The van der Waals surface area contributed by atoms with Crippen molar-refractivity contribution in [3.8, 4) is 0 Å². The maximum absolute atomic E-state index is 12.7. The Morgan fingerprint density at radius 2 is 1.59 bits per heavy atom. The molecule has 1 heterocycles. The Hall–Kier alpha value is -0.170. The Morgan fingerprint density at radius 3 is 2.14 bits per heavy atom. The number of halogens is 1. The molecule has 0 radical (unpaired) electrons. The van der Waals surface area contributed by atoms with Crippen LogP contribution in [0.25, 0.3) is 0 Å². The second-order valence-electron chi connectivity index (χ2n) is 8.79. The van der Waals surface area contributed by atoms with Crippen LogP contribution in [0.2, 0.25) is 0 Å². The summed E-state index contributed by atoms with van der Waals surface area (Å²) in [5.41, 5.74) is -0.763. The zero-order chi connectivity index (χ0) is 15.3. The first-order chi connectivity index (χ1) is 10.3. The first kappa shape index (κ1) is 13.2. The average molecular weight is 371 g/mol. The lowest BCUT2D eigenvalue weighted by Crippen LogP contribution is -2.94. The summed E-state index contributed by atoms with van der Waals surface area (Å²) in [5, 5.41) is 0. The third-order valence-electron chi connectivity index (χ3n) is 7.36. The molecule has 0 aromatic carbocycles. The van der Waals surface area contributed by atoms with E-state index < -0.39 is 11.4 Å². The molecule has 0 amide bonds. The van der Waals surface area contributed by atoms with Crippen LogP contribution in [0.4, 0.5) is 0 Å². The predicted octanol–water partition coefficient (Wildman–Crippen LogP) is 1.89. The van der Waals surface area contributed by atoms with Crippen LogP contribution in [0.5, 0.6) is 0 Å². The minimum atomic E-state index is -0.473. The Labute approximate surface area is 137 Å². The van der Waals surface area contributed by atoms with Gasteiger partial charge >= 0.3 is 5.97 Å². The molecule has 1 spiro atoms. The molecule has 6 saturated carbocycles. The van der Waals surface area contributed by atoms with Gasteiger partial charge < -0.3 is 9.47 Å². The summed E-state index contributed by atoms with van der Waals surface area (Å²) < 4.78 is 12.1. The van der Waals surface area contributed by atoms with E-state index in [4.69, 9.17) is 19.2 Å². The Bertz CT molecular complexity index is 599. The molecular formula is C16H19BrO5. The molecule has 120 valence electrons. The largest absolute Gasteiger partial charge is 0.349 e. The Balaban J connectivity index is 1.32. The summed E-state index contributed by atoms with van der Waals surface area (Å²) in [4.78, 5) is 23.2. The summed E-state index contributed by atoms with van der Waals surface area (Å²) in [6.07, 6.45) is 0. The standard InChI is InChI=1S/C16H19BrO5/c1-13(2,3)22-21-12(18)14-6-9-7(14)11-8(14)10(6)15(9,17)16(11)19-4-5-20-16/h6-11H,4-5H2,1-3H3/t6?,7-,8+,9-,10-,11?,14?,15?/m0/s1. The third kappa shape index (κ3) is 0.871. The van der Waals surface area contributed by atoms with Crippen molar-refractivity contribution in [2.24, 2.45) is 40.9 Å². The van der Waals surface area contributed by atoms with E-state index in [2.05, 4.69) is 15.9 Å². The van der Waals surface area contributed by atoms with E-state index >= 15 is 0 Å². The van der Waals surface area contributed by atoms with E-state index in [0.717, 1.165) is 0 Å². The van der Waals surface area contributed by atoms with Gasteiger partial charge in [0.2, 0.25) is 0 Å². The van der Waals surface area contributed by atoms with E-state index in [0.29, 0.717) is 48.7 Å². The van der Waals surface area contributed by atoms with Crippen LogP contribution in [-0.4, -0.2) is 34.9 Å². The number of rotatable bonds is 2. The normalized spacial score (nSPS) is 60.2. The highest BCUT2D eigenvalue weighted by molar-refractivity contribution is 9.10. The van der Waals surface area contributed by atoms with Crippen molar-refractivity contribution in [1.29, 1.82) is 0 Å². The quantitative estimate of drug-likeness (QED) is 0.422. The minimum absolute atomic E-state index is 0.0475. The van der Waals surface area contributed by atoms with Crippen molar-refractivity contribution in [1.82, 2.24) is 0 Å². The molecular weight excluding hydrogens is 352 g/mol. The molecule has 1 saturated heterocycles. The SMILES string of the molecule is CC(C)(C)OOC(=O)C12C3[C@H]4[C@H]1C1[C@H]2[C@H]3C4(Br)C12OCCO2. The molecule has 6 aliphatic carbocycles. The number of carbonyl (C=O) groups is 1. The molecule has 6 heteroatoms. The molecule has 4 unspecified atom stereocenters. The van der Waals surface area contributed by atoms with Gasteiger partial charge in [-0.05, 0) is 50.4 Å². The molecule has 2 bridgehead atoms. The second-order valence-corrected chi connectivity index (χ2v) is 10.1. The van der Waals surface area contributed by atoms with Crippen LogP contribution in [0.15, 0.2) is 0 Å². The number of alkyl halides is 1. The molecule has 5 nitrogen and oxygen atoms in total.